The first-order valence-corrected chi connectivity index (χ1v) is 7.58. The van der Waals surface area contributed by atoms with Gasteiger partial charge in [0.15, 0.2) is 0 Å². The van der Waals surface area contributed by atoms with Gasteiger partial charge in [0.2, 0.25) is 0 Å². The molecule has 1 N–H and O–H groups in total. The fourth-order valence-corrected chi connectivity index (χ4v) is 3.03. The number of benzene rings is 2. The smallest absolute Gasteiger partial charge is 0.127 e. The molecule has 1 aliphatic heterocycles. The van der Waals surface area contributed by atoms with Crippen molar-refractivity contribution in [3.63, 3.8) is 0 Å². The van der Waals surface area contributed by atoms with Crippen LogP contribution in [0.5, 0.6) is 0 Å². The summed E-state index contributed by atoms with van der Waals surface area (Å²) in [7, 11) is 0. The predicted molar refractivity (Wildman–Crippen MR) is 83.5 cm³/mol. The van der Waals surface area contributed by atoms with Gasteiger partial charge >= 0.3 is 0 Å². The molecule has 1 saturated heterocycles. The van der Waals surface area contributed by atoms with Crippen molar-refractivity contribution in [1.82, 2.24) is 10.2 Å². The van der Waals surface area contributed by atoms with Crippen LogP contribution in [-0.2, 0) is 6.54 Å². The monoisotopic (exact) mass is 284 g/mol. The van der Waals surface area contributed by atoms with E-state index in [0.29, 0.717) is 0 Å². The van der Waals surface area contributed by atoms with Crippen molar-refractivity contribution in [2.75, 3.05) is 19.6 Å². The van der Waals surface area contributed by atoms with Gasteiger partial charge in [-0.2, -0.15) is 0 Å². The van der Waals surface area contributed by atoms with Crippen LogP contribution in [0.2, 0.25) is 0 Å². The average Bonchev–Trinajstić information content (AvgIpc) is 2.74. The van der Waals surface area contributed by atoms with Gasteiger partial charge in [-0.15, -0.1) is 0 Å². The van der Waals surface area contributed by atoms with Gasteiger partial charge in [0.1, 0.15) is 5.82 Å². The van der Waals surface area contributed by atoms with E-state index in [2.05, 4.69) is 34.5 Å². The second-order valence-electron chi connectivity index (χ2n) is 5.53. The standard InChI is InChI=1S/C18H21FN2/c19-17-9-5-4-8-16(17)18-10-11-20-12-13-21(18)14-15-6-2-1-3-7-15/h1-9,18,20H,10-14H2. The van der Waals surface area contributed by atoms with Crippen LogP contribution in [0.25, 0.3) is 0 Å². The molecule has 1 fully saturated rings. The highest BCUT2D eigenvalue weighted by Gasteiger charge is 2.24. The van der Waals surface area contributed by atoms with Crippen molar-refractivity contribution in [3.05, 3.63) is 71.5 Å². The molecule has 2 aromatic rings. The van der Waals surface area contributed by atoms with Gasteiger partial charge in [-0.05, 0) is 24.6 Å². The zero-order chi connectivity index (χ0) is 14.5. The van der Waals surface area contributed by atoms with E-state index < -0.39 is 0 Å². The zero-order valence-corrected chi connectivity index (χ0v) is 12.1. The molecule has 0 radical (unpaired) electrons. The third-order valence-corrected chi connectivity index (χ3v) is 4.10. The molecule has 3 heteroatoms. The van der Waals surface area contributed by atoms with Crippen LogP contribution in [-0.4, -0.2) is 24.5 Å². The lowest BCUT2D eigenvalue weighted by Gasteiger charge is -2.30. The molecular formula is C18H21FN2. The highest BCUT2D eigenvalue weighted by atomic mass is 19.1. The Hall–Kier alpha value is -1.71. The van der Waals surface area contributed by atoms with E-state index in [1.165, 1.54) is 5.56 Å². The molecule has 1 heterocycles. The quantitative estimate of drug-likeness (QED) is 0.929. The molecule has 1 atom stereocenters. The Balaban J connectivity index is 1.86. The fraction of sp³-hybridized carbons (Fsp3) is 0.333. The van der Waals surface area contributed by atoms with E-state index >= 15 is 0 Å². The lowest BCUT2D eigenvalue weighted by molar-refractivity contribution is 0.195. The maximum atomic E-state index is 14.2. The van der Waals surface area contributed by atoms with E-state index in [0.717, 1.165) is 38.2 Å². The summed E-state index contributed by atoms with van der Waals surface area (Å²) in [5, 5.41) is 3.42. The van der Waals surface area contributed by atoms with Crippen LogP contribution in [0.15, 0.2) is 54.6 Å². The maximum absolute atomic E-state index is 14.2. The zero-order valence-electron chi connectivity index (χ0n) is 12.1. The first-order valence-electron chi connectivity index (χ1n) is 7.58. The maximum Gasteiger partial charge on any atom is 0.127 e. The third kappa shape index (κ3) is 3.49. The average molecular weight is 284 g/mol. The summed E-state index contributed by atoms with van der Waals surface area (Å²) in [5.74, 6) is -0.0949. The summed E-state index contributed by atoms with van der Waals surface area (Å²) >= 11 is 0. The molecule has 110 valence electrons. The lowest BCUT2D eigenvalue weighted by Crippen LogP contribution is -2.30. The minimum atomic E-state index is -0.0949. The molecule has 0 amide bonds. The number of nitrogens with zero attached hydrogens (tertiary/aromatic N) is 1. The number of halogens is 1. The Labute approximate surface area is 125 Å². The number of hydrogen-bond donors (Lipinski definition) is 1. The fourth-order valence-electron chi connectivity index (χ4n) is 3.03. The lowest BCUT2D eigenvalue weighted by atomic mass is 10.0. The largest absolute Gasteiger partial charge is 0.315 e. The van der Waals surface area contributed by atoms with Gasteiger partial charge in [0.25, 0.3) is 0 Å². The molecule has 0 aromatic heterocycles. The number of hydrogen-bond acceptors (Lipinski definition) is 2. The van der Waals surface area contributed by atoms with Gasteiger partial charge < -0.3 is 5.32 Å². The predicted octanol–water partition coefficient (Wildman–Crippen LogP) is 3.36. The van der Waals surface area contributed by atoms with Crippen LogP contribution in [0.3, 0.4) is 0 Å². The first kappa shape index (κ1) is 14.2. The summed E-state index contributed by atoms with van der Waals surface area (Å²) in [4.78, 5) is 2.38. The molecule has 1 aliphatic rings. The van der Waals surface area contributed by atoms with E-state index in [4.69, 9.17) is 0 Å². The molecule has 2 nitrogen and oxygen atoms in total. The molecule has 0 aliphatic carbocycles. The molecule has 1 unspecified atom stereocenters. The van der Waals surface area contributed by atoms with E-state index in [-0.39, 0.29) is 11.9 Å². The van der Waals surface area contributed by atoms with E-state index in [9.17, 15) is 4.39 Å². The second-order valence-corrected chi connectivity index (χ2v) is 5.53. The Morgan fingerprint density at radius 3 is 2.57 bits per heavy atom. The molecular weight excluding hydrogens is 263 g/mol. The van der Waals surface area contributed by atoms with E-state index in [1.807, 2.05) is 18.2 Å². The van der Waals surface area contributed by atoms with Crippen molar-refractivity contribution in [2.45, 2.75) is 19.0 Å². The highest BCUT2D eigenvalue weighted by Crippen LogP contribution is 2.28. The van der Waals surface area contributed by atoms with E-state index in [1.54, 1.807) is 12.1 Å². The molecule has 0 spiro atoms. The summed E-state index contributed by atoms with van der Waals surface area (Å²) in [5.41, 5.74) is 2.10. The number of nitrogens with one attached hydrogen (secondary N) is 1. The highest BCUT2D eigenvalue weighted by molar-refractivity contribution is 5.22. The van der Waals surface area contributed by atoms with Crippen molar-refractivity contribution in [1.29, 1.82) is 0 Å². The minimum absolute atomic E-state index is 0.0949. The summed E-state index contributed by atoms with van der Waals surface area (Å²) in [6.45, 7) is 3.69. The van der Waals surface area contributed by atoms with Gasteiger partial charge in [0.05, 0.1) is 0 Å². The first-order chi connectivity index (χ1) is 10.3. The van der Waals surface area contributed by atoms with Crippen LogP contribution in [0.1, 0.15) is 23.6 Å². The van der Waals surface area contributed by atoms with Gasteiger partial charge in [-0.3, -0.25) is 4.90 Å². The van der Waals surface area contributed by atoms with Crippen molar-refractivity contribution >= 4 is 0 Å². The minimum Gasteiger partial charge on any atom is -0.315 e. The van der Waals surface area contributed by atoms with Crippen LogP contribution in [0.4, 0.5) is 4.39 Å². The van der Waals surface area contributed by atoms with Crippen molar-refractivity contribution in [2.24, 2.45) is 0 Å². The topological polar surface area (TPSA) is 15.3 Å². The third-order valence-electron chi connectivity index (χ3n) is 4.10. The van der Waals surface area contributed by atoms with Crippen LogP contribution in [0, 0.1) is 5.82 Å². The Morgan fingerprint density at radius 1 is 1.00 bits per heavy atom. The summed E-state index contributed by atoms with van der Waals surface area (Å²) < 4.78 is 14.2. The SMILES string of the molecule is Fc1ccccc1C1CCNCCN1Cc1ccccc1. The van der Waals surface area contributed by atoms with Crippen LogP contribution >= 0.6 is 0 Å². The Kier molecular flexibility index (Phi) is 4.63. The normalized spacial score (nSPS) is 20.1. The van der Waals surface area contributed by atoms with Gasteiger partial charge in [0, 0.05) is 31.2 Å². The molecule has 0 bridgehead atoms. The van der Waals surface area contributed by atoms with Gasteiger partial charge in [-0.1, -0.05) is 48.5 Å². The number of rotatable bonds is 3. The molecule has 21 heavy (non-hydrogen) atoms. The Morgan fingerprint density at radius 2 is 1.76 bits per heavy atom. The van der Waals surface area contributed by atoms with Crippen molar-refractivity contribution < 1.29 is 4.39 Å². The molecule has 3 rings (SSSR count). The summed E-state index contributed by atoms with van der Waals surface area (Å²) in [6, 6.07) is 17.7. The summed E-state index contributed by atoms with van der Waals surface area (Å²) in [6.07, 6.45) is 0.938. The van der Waals surface area contributed by atoms with Gasteiger partial charge in [-0.25, -0.2) is 4.39 Å². The van der Waals surface area contributed by atoms with Crippen LogP contribution < -0.4 is 5.32 Å². The van der Waals surface area contributed by atoms with Crippen molar-refractivity contribution in [3.8, 4) is 0 Å². The molecule has 2 aromatic carbocycles. The second kappa shape index (κ2) is 6.83. The molecule has 0 saturated carbocycles. The Bertz CT molecular complexity index is 570.